The number of nitrogens with zero attached hydrogens (tertiary/aromatic N) is 2. The topological polar surface area (TPSA) is 87.7 Å². The third kappa shape index (κ3) is 3.60. The van der Waals surface area contributed by atoms with Crippen LogP contribution in [0.5, 0.6) is 0 Å². The first-order valence-electron chi connectivity index (χ1n) is 7.31. The molecule has 2 heterocycles. The summed E-state index contributed by atoms with van der Waals surface area (Å²) in [5.41, 5.74) is 2.32. The Kier molecular flexibility index (Phi) is 4.14. The fourth-order valence-electron chi connectivity index (χ4n) is 2.34. The maximum Gasteiger partial charge on any atom is 0.251 e. The van der Waals surface area contributed by atoms with Gasteiger partial charge in [0.25, 0.3) is 5.56 Å². The molecule has 0 aliphatic rings. The molecule has 2 aromatic heterocycles. The number of benzene rings is 1. The lowest BCUT2D eigenvalue weighted by Gasteiger charge is -2.05. The van der Waals surface area contributed by atoms with Gasteiger partial charge < -0.3 is 4.98 Å². The Morgan fingerprint density at radius 3 is 2.78 bits per heavy atom. The number of anilines is 1. The zero-order chi connectivity index (χ0) is 16.2. The van der Waals surface area contributed by atoms with Gasteiger partial charge >= 0.3 is 0 Å². The van der Waals surface area contributed by atoms with Gasteiger partial charge in [0, 0.05) is 29.9 Å². The van der Waals surface area contributed by atoms with Gasteiger partial charge in [0.05, 0.1) is 0 Å². The predicted octanol–water partition coefficient (Wildman–Crippen LogP) is 2.20. The first-order chi connectivity index (χ1) is 11.1. The molecule has 3 aromatic rings. The zero-order valence-corrected chi connectivity index (χ0v) is 12.7. The van der Waals surface area contributed by atoms with Gasteiger partial charge in [-0.15, -0.1) is 0 Å². The van der Waals surface area contributed by atoms with Gasteiger partial charge in [-0.25, -0.2) is 9.97 Å². The van der Waals surface area contributed by atoms with Gasteiger partial charge in [-0.3, -0.25) is 14.9 Å². The van der Waals surface area contributed by atoms with Gasteiger partial charge in [-0.1, -0.05) is 12.1 Å². The van der Waals surface area contributed by atoms with Crippen LogP contribution in [-0.4, -0.2) is 20.9 Å². The second-order valence-electron chi connectivity index (χ2n) is 5.33. The van der Waals surface area contributed by atoms with E-state index in [4.69, 9.17) is 0 Å². The number of aryl methyl sites for hydroxylation is 2. The molecule has 1 aromatic carbocycles. The Morgan fingerprint density at radius 2 is 2.00 bits per heavy atom. The van der Waals surface area contributed by atoms with Gasteiger partial charge in [0.15, 0.2) is 0 Å². The van der Waals surface area contributed by atoms with E-state index < -0.39 is 0 Å². The normalized spacial score (nSPS) is 10.7. The molecule has 0 radical (unpaired) electrons. The molecule has 23 heavy (non-hydrogen) atoms. The van der Waals surface area contributed by atoms with E-state index in [-0.39, 0.29) is 23.8 Å². The number of hydrogen-bond acceptors (Lipinski definition) is 4. The van der Waals surface area contributed by atoms with E-state index in [9.17, 15) is 9.59 Å². The largest absolute Gasteiger partial charge is 0.322 e. The van der Waals surface area contributed by atoms with Crippen LogP contribution in [0.25, 0.3) is 10.9 Å². The van der Waals surface area contributed by atoms with Crippen LogP contribution in [0.15, 0.2) is 47.5 Å². The molecule has 116 valence electrons. The van der Waals surface area contributed by atoms with Crippen LogP contribution in [-0.2, 0) is 11.2 Å². The van der Waals surface area contributed by atoms with Crippen molar-refractivity contribution in [2.24, 2.45) is 0 Å². The molecule has 0 unspecified atom stereocenters. The molecule has 0 atom stereocenters. The fourth-order valence-corrected chi connectivity index (χ4v) is 2.34. The summed E-state index contributed by atoms with van der Waals surface area (Å²) in [6.07, 6.45) is 3.66. The van der Waals surface area contributed by atoms with E-state index in [2.05, 4.69) is 20.3 Å². The van der Waals surface area contributed by atoms with Crippen LogP contribution in [0.4, 0.5) is 5.95 Å². The quantitative estimate of drug-likeness (QED) is 0.773. The van der Waals surface area contributed by atoms with Crippen LogP contribution in [0.1, 0.15) is 17.5 Å². The number of aromatic nitrogens is 3. The molecule has 0 fully saturated rings. The maximum absolute atomic E-state index is 12.1. The molecule has 6 heteroatoms. The summed E-state index contributed by atoms with van der Waals surface area (Å²) in [4.78, 5) is 34.7. The summed E-state index contributed by atoms with van der Waals surface area (Å²) in [5.74, 6) is 0.0417. The molecule has 0 saturated heterocycles. The minimum absolute atomic E-state index is 0.160. The van der Waals surface area contributed by atoms with Gasteiger partial charge in [-0.05, 0) is 42.5 Å². The van der Waals surface area contributed by atoms with Crippen LogP contribution >= 0.6 is 0 Å². The van der Waals surface area contributed by atoms with Crippen molar-refractivity contribution in [1.82, 2.24) is 15.0 Å². The SMILES string of the molecule is Cc1ccc2cc(CCC(=O)Nc3ncccn3)c(=O)[nH]c2c1. The summed E-state index contributed by atoms with van der Waals surface area (Å²) in [6.45, 7) is 1.97. The smallest absolute Gasteiger partial charge is 0.251 e. The molecule has 0 spiro atoms. The zero-order valence-electron chi connectivity index (χ0n) is 12.7. The van der Waals surface area contributed by atoms with Crippen molar-refractivity contribution in [3.05, 3.63) is 64.2 Å². The summed E-state index contributed by atoms with van der Waals surface area (Å²) >= 11 is 0. The third-order valence-electron chi connectivity index (χ3n) is 3.52. The van der Waals surface area contributed by atoms with E-state index in [1.54, 1.807) is 18.5 Å². The summed E-state index contributed by atoms with van der Waals surface area (Å²) in [6, 6.07) is 9.39. The highest BCUT2D eigenvalue weighted by molar-refractivity contribution is 5.89. The number of amides is 1. The third-order valence-corrected chi connectivity index (χ3v) is 3.52. The molecule has 3 rings (SSSR count). The lowest BCUT2D eigenvalue weighted by atomic mass is 10.1. The molecule has 6 nitrogen and oxygen atoms in total. The summed E-state index contributed by atoms with van der Waals surface area (Å²) < 4.78 is 0. The van der Waals surface area contributed by atoms with Crippen LogP contribution < -0.4 is 10.9 Å². The van der Waals surface area contributed by atoms with Crippen molar-refractivity contribution in [3.8, 4) is 0 Å². The van der Waals surface area contributed by atoms with E-state index in [0.29, 0.717) is 12.0 Å². The van der Waals surface area contributed by atoms with Crippen molar-refractivity contribution >= 4 is 22.8 Å². The lowest BCUT2D eigenvalue weighted by molar-refractivity contribution is -0.116. The lowest BCUT2D eigenvalue weighted by Crippen LogP contribution is -2.18. The highest BCUT2D eigenvalue weighted by Crippen LogP contribution is 2.13. The number of H-pyrrole nitrogens is 1. The second-order valence-corrected chi connectivity index (χ2v) is 5.33. The van der Waals surface area contributed by atoms with Crippen LogP contribution in [0.3, 0.4) is 0 Å². The van der Waals surface area contributed by atoms with E-state index in [0.717, 1.165) is 16.5 Å². The average Bonchev–Trinajstić information content (AvgIpc) is 2.54. The molecular weight excluding hydrogens is 292 g/mol. The highest BCUT2D eigenvalue weighted by Gasteiger charge is 2.08. The van der Waals surface area contributed by atoms with Gasteiger partial charge in [-0.2, -0.15) is 0 Å². The maximum atomic E-state index is 12.1. The van der Waals surface area contributed by atoms with Crippen molar-refractivity contribution in [3.63, 3.8) is 0 Å². The Balaban J connectivity index is 1.71. The van der Waals surface area contributed by atoms with Gasteiger partial charge in [0.1, 0.15) is 0 Å². The van der Waals surface area contributed by atoms with Crippen LogP contribution in [0, 0.1) is 6.92 Å². The minimum atomic E-state index is -0.223. The van der Waals surface area contributed by atoms with Gasteiger partial charge in [0.2, 0.25) is 11.9 Å². The fraction of sp³-hybridized carbons (Fsp3) is 0.176. The van der Waals surface area contributed by atoms with Crippen molar-refractivity contribution in [2.45, 2.75) is 19.8 Å². The monoisotopic (exact) mass is 308 g/mol. The van der Waals surface area contributed by atoms with Crippen molar-refractivity contribution in [2.75, 3.05) is 5.32 Å². The number of aromatic amines is 1. The number of rotatable bonds is 4. The first-order valence-corrected chi connectivity index (χ1v) is 7.31. The minimum Gasteiger partial charge on any atom is -0.322 e. The van der Waals surface area contributed by atoms with E-state index >= 15 is 0 Å². The van der Waals surface area contributed by atoms with Crippen molar-refractivity contribution < 1.29 is 4.79 Å². The number of nitrogens with one attached hydrogen (secondary N) is 2. The molecule has 0 aliphatic carbocycles. The number of carbonyl (C=O) groups excluding carboxylic acids is 1. The number of fused-ring (bicyclic) bond motifs is 1. The number of hydrogen-bond donors (Lipinski definition) is 2. The Labute approximate surface area is 132 Å². The Morgan fingerprint density at radius 1 is 1.22 bits per heavy atom. The van der Waals surface area contributed by atoms with Crippen LogP contribution in [0.2, 0.25) is 0 Å². The molecule has 0 bridgehead atoms. The molecule has 1 amide bonds. The molecule has 0 saturated carbocycles. The predicted molar refractivity (Wildman–Crippen MR) is 88.3 cm³/mol. The average molecular weight is 308 g/mol. The summed E-state index contributed by atoms with van der Waals surface area (Å²) in [7, 11) is 0. The standard InChI is InChI=1S/C17H16N4O2/c1-11-3-4-12-10-13(16(23)20-14(12)9-11)5-6-15(22)21-17-18-7-2-8-19-17/h2-4,7-10H,5-6H2,1H3,(H,20,23)(H,18,19,21,22). The number of pyridine rings is 1. The highest BCUT2D eigenvalue weighted by atomic mass is 16.1. The van der Waals surface area contributed by atoms with E-state index in [1.807, 2.05) is 31.2 Å². The summed E-state index contributed by atoms with van der Waals surface area (Å²) in [5, 5.41) is 3.56. The van der Waals surface area contributed by atoms with Crippen molar-refractivity contribution in [1.29, 1.82) is 0 Å². The molecule has 2 N–H and O–H groups in total. The second kappa shape index (κ2) is 6.39. The first kappa shape index (κ1) is 14.9. The number of carbonyl (C=O) groups is 1. The molecular formula is C17H16N4O2. The molecule has 0 aliphatic heterocycles. The Bertz CT molecular complexity index is 903. The Hall–Kier alpha value is -3.02. The van der Waals surface area contributed by atoms with E-state index in [1.165, 1.54) is 0 Å².